The fourth-order valence-electron chi connectivity index (χ4n) is 2.54. The second kappa shape index (κ2) is 4.43. The predicted molar refractivity (Wildman–Crippen MR) is 57.2 cm³/mol. The fraction of sp³-hybridized carbons (Fsp3) is 0.917. The van der Waals surface area contributed by atoms with E-state index in [1.807, 2.05) is 0 Å². The first-order chi connectivity index (χ1) is 6.75. The van der Waals surface area contributed by atoms with Gasteiger partial charge in [0.2, 0.25) is 0 Å². The Kier molecular flexibility index (Phi) is 3.22. The van der Waals surface area contributed by atoms with Gasteiger partial charge in [-0.15, -0.1) is 0 Å². The van der Waals surface area contributed by atoms with E-state index in [-0.39, 0.29) is 0 Å². The van der Waals surface area contributed by atoms with Gasteiger partial charge in [0, 0.05) is 24.4 Å². The van der Waals surface area contributed by atoms with Crippen molar-refractivity contribution in [3.8, 4) is 0 Å². The molecule has 1 heterocycles. The maximum Gasteiger partial charge on any atom is 0.137 e. The van der Waals surface area contributed by atoms with E-state index in [0.29, 0.717) is 23.8 Å². The van der Waals surface area contributed by atoms with E-state index in [0.717, 1.165) is 19.3 Å². The third-order valence-corrected chi connectivity index (χ3v) is 3.72. The number of hydrogen-bond donors (Lipinski definition) is 1. The molecule has 1 aliphatic heterocycles. The van der Waals surface area contributed by atoms with Gasteiger partial charge in [0.25, 0.3) is 0 Å². The Morgan fingerprint density at radius 2 is 1.93 bits per heavy atom. The van der Waals surface area contributed by atoms with E-state index in [1.54, 1.807) is 0 Å². The van der Waals surface area contributed by atoms with Gasteiger partial charge in [-0.3, -0.25) is 4.79 Å². The maximum absolute atomic E-state index is 11.8. The van der Waals surface area contributed by atoms with Crippen LogP contribution in [0.4, 0.5) is 0 Å². The quantitative estimate of drug-likeness (QED) is 0.748. The molecule has 0 radical (unpaired) electrons. The average molecular weight is 195 g/mol. The van der Waals surface area contributed by atoms with Crippen LogP contribution in [0.1, 0.15) is 51.9 Å². The van der Waals surface area contributed by atoms with Crippen molar-refractivity contribution >= 4 is 5.78 Å². The van der Waals surface area contributed by atoms with Crippen LogP contribution < -0.4 is 5.32 Å². The summed E-state index contributed by atoms with van der Waals surface area (Å²) in [7, 11) is 0. The molecule has 14 heavy (non-hydrogen) atoms. The average Bonchev–Trinajstić information content (AvgIpc) is 1.99. The van der Waals surface area contributed by atoms with Crippen LogP contribution in [0.5, 0.6) is 0 Å². The minimum Gasteiger partial charge on any atom is -0.311 e. The van der Waals surface area contributed by atoms with Crippen LogP contribution in [0.15, 0.2) is 0 Å². The Morgan fingerprint density at radius 1 is 1.21 bits per heavy atom. The predicted octanol–water partition coefficient (Wildman–Crippen LogP) is 2.28. The van der Waals surface area contributed by atoms with Crippen molar-refractivity contribution in [3.63, 3.8) is 0 Å². The minimum absolute atomic E-state index is 0.425. The molecule has 0 aromatic carbocycles. The topological polar surface area (TPSA) is 29.1 Å². The zero-order chi connectivity index (χ0) is 9.97. The molecule has 2 rings (SSSR count). The molecule has 1 saturated heterocycles. The highest BCUT2D eigenvalue weighted by atomic mass is 16.1. The molecule has 0 bridgehead atoms. The summed E-state index contributed by atoms with van der Waals surface area (Å²) in [6.45, 7) is 2.22. The third kappa shape index (κ3) is 2.35. The number of piperidine rings is 1. The van der Waals surface area contributed by atoms with Crippen LogP contribution in [0.3, 0.4) is 0 Å². The van der Waals surface area contributed by atoms with Crippen molar-refractivity contribution in [3.05, 3.63) is 0 Å². The lowest BCUT2D eigenvalue weighted by Crippen LogP contribution is -2.42. The monoisotopic (exact) mass is 195 g/mol. The summed E-state index contributed by atoms with van der Waals surface area (Å²) in [5.74, 6) is 0.942. The molecular formula is C12H21NO. The number of carbonyl (C=O) groups is 1. The number of rotatable bonds is 3. The number of carbonyl (C=O) groups excluding carboxylic acids is 1. The summed E-state index contributed by atoms with van der Waals surface area (Å²) in [5.41, 5.74) is 0. The number of ketones is 1. The molecule has 0 spiro atoms. The zero-order valence-electron chi connectivity index (χ0n) is 9.09. The molecule has 2 atom stereocenters. The van der Waals surface area contributed by atoms with E-state index in [4.69, 9.17) is 0 Å². The van der Waals surface area contributed by atoms with Gasteiger partial charge in [0.1, 0.15) is 5.78 Å². The maximum atomic E-state index is 11.8. The van der Waals surface area contributed by atoms with Gasteiger partial charge in [0.15, 0.2) is 0 Å². The van der Waals surface area contributed by atoms with E-state index in [1.165, 1.54) is 25.7 Å². The van der Waals surface area contributed by atoms with Crippen molar-refractivity contribution in [2.45, 2.75) is 64.0 Å². The van der Waals surface area contributed by atoms with Gasteiger partial charge in [0.05, 0.1) is 0 Å². The molecule has 1 aliphatic carbocycles. The van der Waals surface area contributed by atoms with Crippen molar-refractivity contribution in [2.24, 2.45) is 5.92 Å². The molecule has 2 fully saturated rings. The van der Waals surface area contributed by atoms with E-state index in [9.17, 15) is 4.79 Å². The van der Waals surface area contributed by atoms with E-state index >= 15 is 0 Å². The van der Waals surface area contributed by atoms with E-state index in [2.05, 4.69) is 12.2 Å². The molecule has 1 saturated carbocycles. The fourth-order valence-corrected chi connectivity index (χ4v) is 2.54. The lowest BCUT2D eigenvalue weighted by atomic mass is 9.79. The summed E-state index contributed by atoms with van der Waals surface area (Å²) in [6.07, 6.45) is 8.12. The molecule has 80 valence electrons. The highest BCUT2D eigenvalue weighted by Crippen LogP contribution is 2.29. The minimum atomic E-state index is 0.425. The molecule has 2 aliphatic rings. The summed E-state index contributed by atoms with van der Waals surface area (Å²) >= 11 is 0. The summed E-state index contributed by atoms with van der Waals surface area (Å²) in [4.78, 5) is 11.8. The van der Waals surface area contributed by atoms with Gasteiger partial charge in [-0.25, -0.2) is 0 Å². The zero-order valence-corrected chi connectivity index (χ0v) is 9.09. The van der Waals surface area contributed by atoms with Crippen LogP contribution >= 0.6 is 0 Å². The van der Waals surface area contributed by atoms with Gasteiger partial charge >= 0.3 is 0 Å². The second-order valence-electron chi connectivity index (χ2n) is 4.99. The molecule has 2 unspecified atom stereocenters. The number of hydrogen-bond acceptors (Lipinski definition) is 2. The standard InChI is InChI=1S/C12H21NO/c1-9-4-2-7-11(13-9)8-12(14)10-5-3-6-10/h9-11,13H,2-8H2,1H3. The Hall–Kier alpha value is -0.370. The third-order valence-electron chi connectivity index (χ3n) is 3.72. The van der Waals surface area contributed by atoms with Crippen LogP contribution in [0.2, 0.25) is 0 Å². The van der Waals surface area contributed by atoms with Crippen molar-refractivity contribution < 1.29 is 4.79 Å². The van der Waals surface area contributed by atoms with Gasteiger partial charge in [-0.2, -0.15) is 0 Å². The van der Waals surface area contributed by atoms with Gasteiger partial charge in [-0.05, 0) is 32.6 Å². The van der Waals surface area contributed by atoms with E-state index < -0.39 is 0 Å². The first-order valence-electron chi connectivity index (χ1n) is 6.04. The molecule has 2 heteroatoms. The Labute approximate surface area is 86.5 Å². The van der Waals surface area contributed by atoms with Crippen LogP contribution in [-0.4, -0.2) is 17.9 Å². The SMILES string of the molecule is CC1CCCC(CC(=O)C2CCC2)N1. The molecular weight excluding hydrogens is 174 g/mol. The highest BCUT2D eigenvalue weighted by Gasteiger charge is 2.28. The van der Waals surface area contributed by atoms with Crippen LogP contribution in [0.25, 0.3) is 0 Å². The first-order valence-corrected chi connectivity index (χ1v) is 6.04. The molecule has 0 aromatic rings. The second-order valence-corrected chi connectivity index (χ2v) is 4.99. The van der Waals surface area contributed by atoms with Crippen molar-refractivity contribution in [1.29, 1.82) is 0 Å². The summed E-state index contributed by atoms with van der Waals surface area (Å²) < 4.78 is 0. The molecule has 0 amide bonds. The molecule has 0 aromatic heterocycles. The largest absolute Gasteiger partial charge is 0.311 e. The highest BCUT2D eigenvalue weighted by molar-refractivity contribution is 5.82. The van der Waals surface area contributed by atoms with Crippen LogP contribution in [0, 0.1) is 5.92 Å². The van der Waals surface area contributed by atoms with Gasteiger partial charge in [-0.1, -0.05) is 12.8 Å². The smallest absolute Gasteiger partial charge is 0.137 e. The first kappa shape index (κ1) is 10.2. The number of nitrogens with one attached hydrogen (secondary N) is 1. The van der Waals surface area contributed by atoms with Crippen molar-refractivity contribution in [1.82, 2.24) is 5.32 Å². The lowest BCUT2D eigenvalue weighted by molar-refractivity contribution is -0.125. The van der Waals surface area contributed by atoms with Crippen molar-refractivity contribution in [2.75, 3.05) is 0 Å². The number of Topliss-reactive ketones (excluding diaryl/α,β-unsaturated/α-hetero) is 1. The summed E-state index contributed by atoms with van der Waals surface area (Å²) in [5, 5.41) is 3.53. The Bertz CT molecular complexity index is 210. The van der Waals surface area contributed by atoms with Gasteiger partial charge < -0.3 is 5.32 Å². The lowest BCUT2D eigenvalue weighted by Gasteiger charge is -2.31. The molecule has 1 N–H and O–H groups in total. The Morgan fingerprint density at radius 3 is 2.50 bits per heavy atom. The summed E-state index contributed by atoms with van der Waals surface area (Å²) in [6, 6.07) is 1.09. The Balaban J connectivity index is 1.75. The molecule has 2 nitrogen and oxygen atoms in total. The van der Waals surface area contributed by atoms with Crippen LogP contribution in [-0.2, 0) is 4.79 Å². The normalized spacial score (nSPS) is 33.8.